The van der Waals surface area contributed by atoms with E-state index < -0.39 is 6.10 Å². The molecule has 0 saturated carbocycles. The predicted octanol–water partition coefficient (Wildman–Crippen LogP) is 17.3. The predicted molar refractivity (Wildman–Crippen MR) is 261 cm³/mol. The third-order valence-electron chi connectivity index (χ3n) is 11.0. The average Bonchev–Trinajstić information content (AvgIpc) is 3.25. The lowest BCUT2D eigenvalue weighted by atomic mass is 10.1. The standard InChI is InChI=1S/C55H98O5/c1-4-7-10-13-16-19-22-24-26-27-28-30-32-35-38-41-44-47-50-58-51-53(60-55(57)49-46-43-40-37-33-21-18-15-12-9-6-3)52-59-54(56)48-45-42-39-36-34-31-29-25-23-20-17-14-11-8-5-2/h8,11,15,17-18,20,24-26,29,53H,4-7,9-10,12-14,16,19,21-23,27-28,30-52H2,1-3H3/b11-8-,18-15-,20-17-,26-24-,29-25-. The molecular weight excluding hydrogens is 741 g/mol. The van der Waals surface area contributed by atoms with E-state index in [1.165, 1.54) is 135 Å². The second kappa shape index (κ2) is 51.0. The summed E-state index contributed by atoms with van der Waals surface area (Å²) < 4.78 is 17.4. The molecule has 0 aliphatic carbocycles. The summed E-state index contributed by atoms with van der Waals surface area (Å²) in [6, 6.07) is 0. The van der Waals surface area contributed by atoms with Crippen LogP contribution in [0.5, 0.6) is 0 Å². The molecule has 0 radical (unpaired) electrons. The van der Waals surface area contributed by atoms with E-state index in [1.807, 2.05) is 0 Å². The number of esters is 2. The van der Waals surface area contributed by atoms with Crippen LogP contribution in [0.15, 0.2) is 60.8 Å². The van der Waals surface area contributed by atoms with E-state index in [4.69, 9.17) is 14.2 Å². The van der Waals surface area contributed by atoms with Gasteiger partial charge in [0.25, 0.3) is 0 Å². The number of allylic oxidation sites excluding steroid dienone is 10. The SMILES string of the molecule is CC/C=C\C/C=C\C/C=C\CCCCCCCC(=O)OCC(COCCCCCCCCCC/C=C\CCCCCCCC)OC(=O)CCCCCCC/C=C\CCCC. The van der Waals surface area contributed by atoms with Crippen LogP contribution < -0.4 is 0 Å². The molecule has 1 unspecified atom stereocenters. The zero-order valence-corrected chi connectivity index (χ0v) is 40.0. The van der Waals surface area contributed by atoms with E-state index in [-0.39, 0.29) is 25.2 Å². The highest BCUT2D eigenvalue weighted by molar-refractivity contribution is 5.70. The van der Waals surface area contributed by atoms with Gasteiger partial charge in [-0.1, -0.05) is 204 Å². The Morgan fingerprint density at radius 2 is 0.767 bits per heavy atom. The van der Waals surface area contributed by atoms with E-state index in [9.17, 15) is 9.59 Å². The van der Waals surface area contributed by atoms with Gasteiger partial charge in [-0.05, 0) is 96.3 Å². The van der Waals surface area contributed by atoms with Gasteiger partial charge >= 0.3 is 11.9 Å². The highest BCUT2D eigenvalue weighted by atomic mass is 16.6. The van der Waals surface area contributed by atoms with E-state index in [1.54, 1.807) is 0 Å². The fraction of sp³-hybridized carbons (Fsp3) is 0.782. The van der Waals surface area contributed by atoms with Crippen molar-refractivity contribution in [3.05, 3.63) is 60.8 Å². The minimum absolute atomic E-state index is 0.0717. The highest BCUT2D eigenvalue weighted by Gasteiger charge is 2.17. The van der Waals surface area contributed by atoms with Gasteiger partial charge in [-0.25, -0.2) is 0 Å². The van der Waals surface area contributed by atoms with Crippen molar-refractivity contribution in [1.29, 1.82) is 0 Å². The van der Waals surface area contributed by atoms with E-state index in [0.29, 0.717) is 19.4 Å². The third-order valence-corrected chi connectivity index (χ3v) is 11.0. The first kappa shape index (κ1) is 57.6. The van der Waals surface area contributed by atoms with Crippen LogP contribution in [-0.2, 0) is 23.8 Å². The molecule has 0 N–H and O–H groups in total. The number of carbonyl (C=O) groups is 2. The number of carbonyl (C=O) groups excluding carboxylic acids is 2. The van der Waals surface area contributed by atoms with Gasteiger partial charge in [-0.3, -0.25) is 9.59 Å². The third kappa shape index (κ3) is 48.3. The molecule has 0 spiro atoms. The topological polar surface area (TPSA) is 61.8 Å². The molecule has 0 bridgehead atoms. The number of ether oxygens (including phenoxy) is 3. The molecule has 5 heteroatoms. The fourth-order valence-corrected chi connectivity index (χ4v) is 7.15. The van der Waals surface area contributed by atoms with Crippen molar-refractivity contribution >= 4 is 11.9 Å². The molecule has 0 aromatic rings. The van der Waals surface area contributed by atoms with Crippen LogP contribution in [0.1, 0.15) is 252 Å². The van der Waals surface area contributed by atoms with Gasteiger partial charge < -0.3 is 14.2 Å². The molecule has 60 heavy (non-hydrogen) atoms. The Bertz CT molecular complexity index is 1040. The minimum atomic E-state index is -0.548. The van der Waals surface area contributed by atoms with Crippen LogP contribution in [0.25, 0.3) is 0 Å². The summed E-state index contributed by atoms with van der Waals surface area (Å²) in [5.41, 5.74) is 0. The van der Waals surface area contributed by atoms with Crippen molar-refractivity contribution in [2.75, 3.05) is 19.8 Å². The lowest BCUT2D eigenvalue weighted by Gasteiger charge is -2.18. The monoisotopic (exact) mass is 839 g/mol. The molecule has 348 valence electrons. The van der Waals surface area contributed by atoms with Crippen LogP contribution >= 0.6 is 0 Å². The highest BCUT2D eigenvalue weighted by Crippen LogP contribution is 2.14. The molecule has 1 atom stereocenters. The van der Waals surface area contributed by atoms with Gasteiger partial charge in [-0.2, -0.15) is 0 Å². The van der Waals surface area contributed by atoms with Gasteiger partial charge in [0, 0.05) is 19.4 Å². The molecule has 0 aromatic heterocycles. The maximum atomic E-state index is 12.8. The first-order valence-corrected chi connectivity index (χ1v) is 25.8. The average molecular weight is 839 g/mol. The van der Waals surface area contributed by atoms with Gasteiger partial charge in [0.2, 0.25) is 0 Å². The van der Waals surface area contributed by atoms with Crippen molar-refractivity contribution in [2.45, 2.75) is 258 Å². The molecule has 0 rings (SSSR count). The summed E-state index contributed by atoms with van der Waals surface area (Å²) in [4.78, 5) is 25.3. The van der Waals surface area contributed by atoms with Crippen LogP contribution in [0, 0.1) is 0 Å². The summed E-state index contributed by atoms with van der Waals surface area (Å²) in [7, 11) is 0. The summed E-state index contributed by atoms with van der Waals surface area (Å²) in [5, 5.41) is 0. The Labute approximate surface area is 373 Å². The van der Waals surface area contributed by atoms with Crippen LogP contribution in [-0.4, -0.2) is 37.9 Å². The molecule has 0 aliphatic rings. The number of rotatable bonds is 47. The zero-order valence-electron chi connectivity index (χ0n) is 40.0. The molecule has 0 aromatic carbocycles. The molecule has 0 amide bonds. The Hall–Kier alpha value is -2.40. The molecule has 0 saturated heterocycles. The smallest absolute Gasteiger partial charge is 0.306 e. The Morgan fingerprint density at radius 3 is 1.27 bits per heavy atom. The summed E-state index contributed by atoms with van der Waals surface area (Å²) in [5.74, 6) is -0.425. The Balaban J connectivity index is 4.25. The van der Waals surface area contributed by atoms with Gasteiger partial charge in [0.15, 0.2) is 6.10 Å². The quantitative estimate of drug-likeness (QED) is 0.0347. The summed E-state index contributed by atoms with van der Waals surface area (Å²) in [6.07, 6.45) is 63.7. The number of unbranched alkanes of at least 4 members (excludes halogenated alkanes) is 26. The fourth-order valence-electron chi connectivity index (χ4n) is 7.15. The molecule has 0 fully saturated rings. The molecular formula is C55H98O5. The Morgan fingerprint density at radius 1 is 0.383 bits per heavy atom. The van der Waals surface area contributed by atoms with Crippen molar-refractivity contribution in [2.24, 2.45) is 0 Å². The second-order valence-corrected chi connectivity index (χ2v) is 17.0. The second-order valence-electron chi connectivity index (χ2n) is 17.0. The van der Waals surface area contributed by atoms with Gasteiger partial charge in [0.05, 0.1) is 6.61 Å². The van der Waals surface area contributed by atoms with Crippen LogP contribution in [0.4, 0.5) is 0 Å². The van der Waals surface area contributed by atoms with E-state index in [2.05, 4.69) is 81.5 Å². The van der Waals surface area contributed by atoms with E-state index in [0.717, 1.165) is 83.5 Å². The Kier molecular flexibility index (Phi) is 48.9. The van der Waals surface area contributed by atoms with Crippen molar-refractivity contribution in [3.8, 4) is 0 Å². The molecule has 0 aliphatic heterocycles. The number of hydrogen-bond donors (Lipinski definition) is 0. The maximum Gasteiger partial charge on any atom is 0.306 e. The lowest BCUT2D eigenvalue weighted by Crippen LogP contribution is -2.30. The van der Waals surface area contributed by atoms with E-state index >= 15 is 0 Å². The minimum Gasteiger partial charge on any atom is -0.462 e. The zero-order chi connectivity index (χ0) is 43.5. The first-order valence-electron chi connectivity index (χ1n) is 25.8. The first-order chi connectivity index (χ1) is 29.6. The summed E-state index contributed by atoms with van der Waals surface area (Å²) in [6.45, 7) is 7.66. The molecule has 0 heterocycles. The summed E-state index contributed by atoms with van der Waals surface area (Å²) >= 11 is 0. The molecule has 5 nitrogen and oxygen atoms in total. The maximum absolute atomic E-state index is 12.8. The van der Waals surface area contributed by atoms with Crippen molar-refractivity contribution < 1.29 is 23.8 Å². The van der Waals surface area contributed by atoms with Crippen LogP contribution in [0.3, 0.4) is 0 Å². The largest absolute Gasteiger partial charge is 0.462 e. The van der Waals surface area contributed by atoms with Crippen molar-refractivity contribution in [3.63, 3.8) is 0 Å². The van der Waals surface area contributed by atoms with Gasteiger partial charge in [-0.15, -0.1) is 0 Å². The van der Waals surface area contributed by atoms with Crippen LogP contribution in [0.2, 0.25) is 0 Å². The lowest BCUT2D eigenvalue weighted by molar-refractivity contribution is -0.163. The number of hydrogen-bond acceptors (Lipinski definition) is 5. The van der Waals surface area contributed by atoms with Gasteiger partial charge in [0.1, 0.15) is 6.61 Å². The van der Waals surface area contributed by atoms with Crippen molar-refractivity contribution in [1.82, 2.24) is 0 Å². The normalized spacial score (nSPS) is 12.7.